The fourth-order valence-corrected chi connectivity index (χ4v) is 1.36. The molecule has 2 nitrogen and oxygen atoms in total. The zero-order valence-electron chi connectivity index (χ0n) is 8.13. The molecule has 0 aromatic carbocycles. The van der Waals surface area contributed by atoms with E-state index >= 15 is 0 Å². The van der Waals surface area contributed by atoms with Gasteiger partial charge < -0.3 is 9.47 Å². The van der Waals surface area contributed by atoms with Crippen molar-refractivity contribution in [1.82, 2.24) is 0 Å². The van der Waals surface area contributed by atoms with Crippen LogP contribution in [0.5, 0.6) is 0 Å². The lowest BCUT2D eigenvalue weighted by atomic mass is 10.1. The minimum atomic E-state index is -0.0119. The van der Waals surface area contributed by atoms with Crippen molar-refractivity contribution in [2.45, 2.75) is 51.1 Å². The summed E-state index contributed by atoms with van der Waals surface area (Å²) in [5.74, 6) is 0. The maximum absolute atomic E-state index is 5.42. The first-order valence-corrected chi connectivity index (χ1v) is 4.49. The van der Waals surface area contributed by atoms with Gasteiger partial charge in [0.25, 0.3) is 0 Å². The van der Waals surface area contributed by atoms with Crippen LogP contribution in [0, 0.1) is 0 Å². The van der Waals surface area contributed by atoms with E-state index in [9.17, 15) is 0 Å². The highest BCUT2D eigenvalue weighted by molar-refractivity contribution is 5.18. The van der Waals surface area contributed by atoms with Gasteiger partial charge in [-0.15, -0.1) is 0 Å². The molecule has 0 saturated carbocycles. The van der Waals surface area contributed by atoms with Crippen LogP contribution in [-0.4, -0.2) is 23.4 Å². The first kappa shape index (κ1) is 8.27. The van der Waals surface area contributed by atoms with Crippen molar-refractivity contribution in [2.24, 2.45) is 0 Å². The summed E-state index contributed by atoms with van der Waals surface area (Å²) >= 11 is 0. The van der Waals surface area contributed by atoms with Gasteiger partial charge in [0, 0.05) is 0 Å². The molecule has 2 aliphatic rings. The molecule has 0 bridgehead atoms. The third-order valence-corrected chi connectivity index (χ3v) is 2.84. The highest BCUT2D eigenvalue weighted by Gasteiger charge is 2.49. The Labute approximate surface area is 73.5 Å². The molecular formula is C10H16O2. The van der Waals surface area contributed by atoms with E-state index in [4.69, 9.17) is 9.47 Å². The van der Waals surface area contributed by atoms with Crippen molar-refractivity contribution in [1.29, 1.82) is 0 Å². The Morgan fingerprint density at radius 3 is 2.00 bits per heavy atom. The van der Waals surface area contributed by atoms with Crippen LogP contribution in [0.3, 0.4) is 0 Å². The van der Waals surface area contributed by atoms with Gasteiger partial charge in [0.15, 0.2) is 0 Å². The van der Waals surface area contributed by atoms with Crippen LogP contribution in [0.2, 0.25) is 0 Å². The highest BCUT2D eigenvalue weighted by atomic mass is 16.6. The lowest BCUT2D eigenvalue weighted by Gasteiger charge is -1.94. The second-order valence-corrected chi connectivity index (χ2v) is 4.44. The minimum absolute atomic E-state index is 0.0119. The van der Waals surface area contributed by atoms with Gasteiger partial charge in [-0.2, -0.15) is 0 Å². The van der Waals surface area contributed by atoms with Crippen molar-refractivity contribution in [3.8, 4) is 0 Å². The van der Waals surface area contributed by atoms with Gasteiger partial charge in [0.1, 0.15) is 11.7 Å². The molecule has 2 heterocycles. The van der Waals surface area contributed by atoms with Gasteiger partial charge in [0.05, 0.1) is 11.7 Å². The smallest absolute Gasteiger partial charge is 0.110 e. The molecule has 2 heteroatoms. The molecule has 2 fully saturated rings. The zero-order valence-corrected chi connectivity index (χ0v) is 8.13. The molecule has 68 valence electrons. The molecule has 0 aliphatic carbocycles. The van der Waals surface area contributed by atoms with Gasteiger partial charge in [0.2, 0.25) is 0 Å². The Morgan fingerprint density at radius 1 is 1.17 bits per heavy atom. The quantitative estimate of drug-likeness (QED) is 0.464. The Morgan fingerprint density at radius 2 is 1.67 bits per heavy atom. The van der Waals surface area contributed by atoms with Crippen LogP contribution in [0.25, 0.3) is 0 Å². The monoisotopic (exact) mass is 168 g/mol. The van der Waals surface area contributed by atoms with Crippen LogP contribution in [-0.2, 0) is 9.47 Å². The molecule has 0 radical (unpaired) electrons. The molecular weight excluding hydrogens is 152 g/mol. The molecule has 0 N–H and O–H groups in total. The van der Waals surface area contributed by atoms with E-state index in [1.807, 2.05) is 0 Å². The number of rotatable bonds is 2. The zero-order chi connectivity index (χ0) is 8.98. The summed E-state index contributed by atoms with van der Waals surface area (Å²) in [5.41, 5.74) is 0.0486. The highest BCUT2D eigenvalue weighted by Crippen LogP contribution is 2.40. The van der Waals surface area contributed by atoms with Crippen molar-refractivity contribution >= 4 is 0 Å². The SMILES string of the molecule is C[C@@H]1O[C@]1(C)/C=C\[C@H]1OC1(C)C. The third kappa shape index (κ3) is 1.29. The molecule has 0 aromatic rings. The van der Waals surface area contributed by atoms with Gasteiger partial charge in [-0.3, -0.25) is 0 Å². The van der Waals surface area contributed by atoms with Crippen LogP contribution in [0.4, 0.5) is 0 Å². The topological polar surface area (TPSA) is 25.1 Å². The number of ether oxygens (including phenoxy) is 2. The predicted octanol–water partition coefficient (Wildman–Crippen LogP) is 1.90. The Balaban J connectivity index is 1.89. The maximum atomic E-state index is 5.42. The van der Waals surface area contributed by atoms with E-state index in [-0.39, 0.29) is 11.2 Å². The Bertz CT molecular complexity index is 232. The largest absolute Gasteiger partial charge is 0.362 e. The van der Waals surface area contributed by atoms with E-state index in [1.165, 1.54) is 0 Å². The number of hydrogen-bond acceptors (Lipinski definition) is 2. The van der Waals surface area contributed by atoms with Crippen LogP contribution in [0.1, 0.15) is 27.7 Å². The average molecular weight is 168 g/mol. The predicted molar refractivity (Wildman–Crippen MR) is 47.0 cm³/mol. The van der Waals surface area contributed by atoms with E-state index in [0.717, 1.165) is 0 Å². The van der Waals surface area contributed by atoms with E-state index in [1.54, 1.807) is 0 Å². The second-order valence-electron chi connectivity index (χ2n) is 4.44. The lowest BCUT2D eigenvalue weighted by Crippen LogP contribution is -2.05. The van der Waals surface area contributed by atoms with Gasteiger partial charge in [-0.1, -0.05) is 12.2 Å². The Kier molecular flexibility index (Phi) is 1.46. The summed E-state index contributed by atoms with van der Waals surface area (Å²) < 4.78 is 10.8. The van der Waals surface area contributed by atoms with E-state index < -0.39 is 0 Å². The summed E-state index contributed by atoms with van der Waals surface area (Å²) in [5, 5.41) is 0. The molecule has 2 rings (SSSR count). The summed E-state index contributed by atoms with van der Waals surface area (Å²) in [6, 6.07) is 0. The number of hydrogen-bond donors (Lipinski definition) is 0. The molecule has 2 aliphatic heterocycles. The molecule has 0 amide bonds. The molecule has 2 saturated heterocycles. The van der Waals surface area contributed by atoms with Gasteiger partial charge in [-0.05, 0) is 27.7 Å². The number of epoxide rings is 2. The van der Waals surface area contributed by atoms with Crippen molar-refractivity contribution in [3.05, 3.63) is 12.2 Å². The fraction of sp³-hybridized carbons (Fsp3) is 0.800. The normalized spacial score (nSPS) is 49.7. The minimum Gasteiger partial charge on any atom is -0.362 e. The summed E-state index contributed by atoms with van der Waals surface area (Å²) in [6.45, 7) is 8.38. The van der Waals surface area contributed by atoms with E-state index in [2.05, 4.69) is 39.8 Å². The molecule has 12 heavy (non-hydrogen) atoms. The maximum Gasteiger partial charge on any atom is 0.110 e. The first-order valence-electron chi connectivity index (χ1n) is 4.49. The second kappa shape index (κ2) is 2.12. The summed E-state index contributed by atoms with van der Waals surface area (Å²) in [7, 11) is 0. The lowest BCUT2D eigenvalue weighted by molar-refractivity contribution is 0.331. The fourth-order valence-electron chi connectivity index (χ4n) is 1.36. The van der Waals surface area contributed by atoms with E-state index in [0.29, 0.717) is 12.2 Å². The first-order chi connectivity index (χ1) is 5.44. The van der Waals surface area contributed by atoms with Crippen LogP contribution in [0.15, 0.2) is 12.2 Å². The van der Waals surface area contributed by atoms with Crippen molar-refractivity contribution < 1.29 is 9.47 Å². The van der Waals surface area contributed by atoms with Gasteiger partial charge in [-0.25, -0.2) is 0 Å². The van der Waals surface area contributed by atoms with Crippen LogP contribution >= 0.6 is 0 Å². The third-order valence-electron chi connectivity index (χ3n) is 2.84. The molecule has 3 atom stereocenters. The molecule has 0 spiro atoms. The summed E-state index contributed by atoms with van der Waals surface area (Å²) in [4.78, 5) is 0. The molecule has 0 unspecified atom stereocenters. The standard InChI is InChI=1S/C10H16O2/c1-7-10(4,11-7)6-5-8-9(2,3)12-8/h5-8H,1-4H3/b6-5-/t7-,8+,10+/m0/s1. The molecule has 0 aromatic heterocycles. The summed E-state index contributed by atoms with van der Waals surface area (Å²) in [6.07, 6.45) is 4.90. The Hall–Kier alpha value is -0.340. The van der Waals surface area contributed by atoms with Gasteiger partial charge >= 0.3 is 0 Å². The van der Waals surface area contributed by atoms with Crippen LogP contribution < -0.4 is 0 Å². The van der Waals surface area contributed by atoms with Crippen molar-refractivity contribution in [2.75, 3.05) is 0 Å². The average Bonchev–Trinajstić information content (AvgIpc) is 2.72. The van der Waals surface area contributed by atoms with Crippen molar-refractivity contribution in [3.63, 3.8) is 0 Å².